The molecule has 0 spiro atoms. The van der Waals surface area contributed by atoms with Gasteiger partial charge in [0, 0.05) is 24.7 Å². The molecule has 0 bridgehead atoms. The van der Waals surface area contributed by atoms with Gasteiger partial charge >= 0.3 is 6.03 Å². The molecule has 1 aromatic heterocycles. The molecular weight excluding hydrogens is 402 g/mol. The number of barbiturate groups is 1. The lowest BCUT2D eigenvalue weighted by Crippen LogP contribution is -2.55. The van der Waals surface area contributed by atoms with Gasteiger partial charge in [-0.1, -0.05) is 18.2 Å². The molecule has 9 nitrogen and oxygen atoms in total. The summed E-state index contributed by atoms with van der Waals surface area (Å²) in [7, 11) is 1.30. The number of para-hydroxylation sites is 1. The van der Waals surface area contributed by atoms with E-state index in [4.69, 9.17) is 4.42 Å². The van der Waals surface area contributed by atoms with Gasteiger partial charge in [0.15, 0.2) is 0 Å². The van der Waals surface area contributed by atoms with Crippen LogP contribution in [-0.2, 0) is 9.59 Å². The number of imide groups is 2. The largest absolute Gasteiger partial charge is 0.457 e. The van der Waals surface area contributed by atoms with Crippen molar-refractivity contribution in [2.45, 2.75) is 0 Å². The number of hydrogen-bond donors (Lipinski definition) is 0. The molecule has 1 saturated heterocycles. The van der Waals surface area contributed by atoms with E-state index in [-0.39, 0.29) is 17.0 Å². The number of carbonyl (C=O) groups excluding carboxylic acids is 3. The number of benzene rings is 2. The second kappa shape index (κ2) is 7.71. The lowest BCUT2D eigenvalue weighted by molar-refractivity contribution is -0.384. The Balaban J connectivity index is 1.67. The van der Waals surface area contributed by atoms with Crippen LogP contribution in [0.1, 0.15) is 5.76 Å². The number of hydrogen-bond acceptors (Lipinski definition) is 6. The Labute approximate surface area is 175 Å². The number of urea groups is 1. The zero-order valence-corrected chi connectivity index (χ0v) is 16.2. The van der Waals surface area contributed by atoms with Crippen molar-refractivity contribution in [1.29, 1.82) is 0 Å². The minimum Gasteiger partial charge on any atom is -0.457 e. The van der Waals surface area contributed by atoms with Crippen LogP contribution in [0.2, 0.25) is 0 Å². The van der Waals surface area contributed by atoms with Crippen LogP contribution in [0.15, 0.2) is 76.7 Å². The summed E-state index contributed by atoms with van der Waals surface area (Å²) in [5, 5.41) is 10.8. The van der Waals surface area contributed by atoms with Crippen LogP contribution >= 0.6 is 0 Å². The van der Waals surface area contributed by atoms with Crippen LogP contribution in [-0.4, -0.2) is 34.7 Å². The SMILES string of the molecule is CN1C(=O)/C(=C/c2ccc(-c3ccc([N+](=O)[O-])cc3)o2)C(=O)N(c2ccccc2)C1=O. The standard InChI is InChI=1S/C22H15N3O6/c1-23-20(26)18(21(27)24(22(23)28)15-5-3-2-4-6-15)13-17-11-12-19(31-17)14-7-9-16(10-8-14)25(29)30/h2-13H,1H3/b18-13-. The summed E-state index contributed by atoms with van der Waals surface area (Å²) >= 11 is 0. The fraction of sp³-hybridized carbons (Fsp3) is 0.0455. The first-order chi connectivity index (χ1) is 14.9. The van der Waals surface area contributed by atoms with Crippen LogP contribution in [0.25, 0.3) is 17.4 Å². The normalized spacial score (nSPS) is 15.6. The fourth-order valence-electron chi connectivity index (χ4n) is 3.12. The fourth-order valence-corrected chi connectivity index (χ4v) is 3.12. The number of likely N-dealkylation sites (N-methyl/N-ethyl adjacent to an activating group) is 1. The molecule has 0 radical (unpaired) electrons. The molecular formula is C22H15N3O6. The van der Waals surface area contributed by atoms with Gasteiger partial charge in [0.25, 0.3) is 17.5 Å². The molecule has 154 valence electrons. The number of amides is 4. The molecule has 1 aliphatic heterocycles. The van der Waals surface area contributed by atoms with Gasteiger partial charge in [0.2, 0.25) is 0 Å². The van der Waals surface area contributed by atoms with Crippen molar-refractivity contribution in [2.24, 2.45) is 0 Å². The molecule has 4 amide bonds. The summed E-state index contributed by atoms with van der Waals surface area (Å²) < 4.78 is 5.70. The lowest BCUT2D eigenvalue weighted by atomic mass is 10.1. The number of anilines is 1. The predicted octanol–water partition coefficient (Wildman–Crippen LogP) is 3.86. The van der Waals surface area contributed by atoms with Crippen molar-refractivity contribution in [3.8, 4) is 11.3 Å². The van der Waals surface area contributed by atoms with E-state index in [1.165, 1.54) is 37.4 Å². The smallest absolute Gasteiger partial charge is 0.338 e. The van der Waals surface area contributed by atoms with Crippen LogP contribution in [0.4, 0.5) is 16.2 Å². The van der Waals surface area contributed by atoms with Crippen LogP contribution < -0.4 is 4.90 Å². The van der Waals surface area contributed by atoms with E-state index >= 15 is 0 Å². The van der Waals surface area contributed by atoms with Crippen LogP contribution in [0.5, 0.6) is 0 Å². The first-order valence-electron chi connectivity index (χ1n) is 9.14. The molecule has 1 aliphatic rings. The Kier molecular flexibility index (Phi) is 4.92. The molecule has 0 aliphatic carbocycles. The molecule has 0 atom stereocenters. The van der Waals surface area contributed by atoms with E-state index in [1.54, 1.807) is 42.5 Å². The van der Waals surface area contributed by atoms with Crippen molar-refractivity contribution in [2.75, 3.05) is 11.9 Å². The summed E-state index contributed by atoms with van der Waals surface area (Å²) in [5.74, 6) is -0.870. The summed E-state index contributed by atoms with van der Waals surface area (Å²) in [6.07, 6.45) is 1.28. The van der Waals surface area contributed by atoms with E-state index in [0.717, 1.165) is 9.80 Å². The third-order valence-electron chi connectivity index (χ3n) is 4.74. The lowest BCUT2D eigenvalue weighted by Gasteiger charge is -2.31. The summed E-state index contributed by atoms with van der Waals surface area (Å²) in [6.45, 7) is 0. The Bertz CT molecular complexity index is 1230. The number of nitro groups is 1. The molecule has 1 fully saturated rings. The van der Waals surface area contributed by atoms with Gasteiger partial charge in [0.1, 0.15) is 17.1 Å². The Morgan fingerprint density at radius 3 is 2.23 bits per heavy atom. The van der Waals surface area contributed by atoms with Crippen molar-refractivity contribution in [3.63, 3.8) is 0 Å². The third-order valence-corrected chi connectivity index (χ3v) is 4.74. The molecule has 9 heteroatoms. The quantitative estimate of drug-likeness (QED) is 0.276. The maximum absolute atomic E-state index is 13.0. The van der Waals surface area contributed by atoms with Gasteiger partial charge in [-0.05, 0) is 42.5 Å². The van der Waals surface area contributed by atoms with E-state index in [1.807, 2.05) is 0 Å². The summed E-state index contributed by atoms with van der Waals surface area (Å²) in [4.78, 5) is 50.1. The zero-order chi connectivity index (χ0) is 22.1. The van der Waals surface area contributed by atoms with Crippen LogP contribution in [0.3, 0.4) is 0 Å². The zero-order valence-electron chi connectivity index (χ0n) is 16.2. The van der Waals surface area contributed by atoms with Crippen molar-refractivity contribution in [3.05, 3.63) is 88.2 Å². The van der Waals surface area contributed by atoms with Crippen molar-refractivity contribution in [1.82, 2.24) is 4.90 Å². The maximum atomic E-state index is 13.0. The molecule has 3 aromatic rings. The van der Waals surface area contributed by atoms with E-state index in [2.05, 4.69) is 0 Å². The monoisotopic (exact) mass is 417 g/mol. The highest BCUT2D eigenvalue weighted by atomic mass is 16.6. The Morgan fingerprint density at radius 2 is 1.58 bits per heavy atom. The molecule has 4 rings (SSSR count). The Morgan fingerprint density at radius 1 is 0.903 bits per heavy atom. The minimum absolute atomic E-state index is 0.0512. The second-order valence-electron chi connectivity index (χ2n) is 6.69. The van der Waals surface area contributed by atoms with Crippen molar-refractivity contribution >= 4 is 35.3 Å². The summed E-state index contributed by atoms with van der Waals surface area (Å²) in [6, 6.07) is 16.5. The predicted molar refractivity (Wildman–Crippen MR) is 111 cm³/mol. The third kappa shape index (κ3) is 3.60. The molecule has 31 heavy (non-hydrogen) atoms. The van der Waals surface area contributed by atoms with Gasteiger partial charge in [0.05, 0.1) is 10.6 Å². The summed E-state index contributed by atoms with van der Waals surface area (Å²) in [5.41, 5.74) is 0.656. The second-order valence-corrected chi connectivity index (χ2v) is 6.69. The highest BCUT2D eigenvalue weighted by molar-refractivity contribution is 6.38. The van der Waals surface area contributed by atoms with E-state index in [9.17, 15) is 24.5 Å². The Hall–Kier alpha value is -4.53. The molecule has 0 saturated carbocycles. The minimum atomic E-state index is -0.757. The average molecular weight is 417 g/mol. The molecule has 2 heterocycles. The highest BCUT2D eigenvalue weighted by Gasteiger charge is 2.41. The van der Waals surface area contributed by atoms with Gasteiger partial charge in [-0.15, -0.1) is 0 Å². The van der Waals surface area contributed by atoms with Gasteiger partial charge in [-0.25, -0.2) is 9.69 Å². The topological polar surface area (TPSA) is 114 Å². The first-order valence-corrected chi connectivity index (χ1v) is 9.14. The number of non-ortho nitro benzene ring substituents is 1. The highest BCUT2D eigenvalue weighted by Crippen LogP contribution is 2.28. The number of rotatable bonds is 4. The van der Waals surface area contributed by atoms with E-state index < -0.39 is 22.8 Å². The molecule has 0 N–H and O–H groups in total. The average Bonchev–Trinajstić information content (AvgIpc) is 3.25. The number of carbonyl (C=O) groups is 3. The van der Waals surface area contributed by atoms with E-state index in [0.29, 0.717) is 17.0 Å². The van der Waals surface area contributed by atoms with Crippen molar-refractivity contribution < 1.29 is 23.7 Å². The van der Waals surface area contributed by atoms with Gasteiger partial charge in [-0.2, -0.15) is 0 Å². The maximum Gasteiger partial charge on any atom is 0.338 e. The van der Waals surface area contributed by atoms with Crippen LogP contribution in [0, 0.1) is 10.1 Å². The molecule has 0 unspecified atom stereocenters. The van der Waals surface area contributed by atoms with Gasteiger partial charge < -0.3 is 4.42 Å². The number of furan rings is 1. The number of nitrogens with zero attached hydrogens (tertiary/aromatic N) is 3. The number of nitro benzene ring substituents is 1. The molecule has 2 aromatic carbocycles. The van der Waals surface area contributed by atoms with Gasteiger partial charge in [-0.3, -0.25) is 24.6 Å². The first kappa shape index (κ1) is 19.8.